The van der Waals surface area contributed by atoms with Crippen molar-refractivity contribution in [3.8, 4) is 5.88 Å². The molecule has 88 valence electrons. The van der Waals surface area contributed by atoms with Crippen LogP contribution in [0.1, 0.15) is 18.6 Å². The number of ether oxygens (including phenoxy) is 1. The molecule has 0 N–H and O–H groups in total. The van der Waals surface area contributed by atoms with Crippen LogP contribution in [0.25, 0.3) is 0 Å². The molecule has 0 saturated heterocycles. The first-order valence-electron chi connectivity index (χ1n) is 5.19. The van der Waals surface area contributed by atoms with Crippen molar-refractivity contribution in [2.24, 2.45) is 0 Å². The summed E-state index contributed by atoms with van der Waals surface area (Å²) in [5, 5.41) is 0.580. The predicted molar refractivity (Wildman–Crippen MR) is 72.4 cm³/mol. The predicted octanol–water partition coefficient (Wildman–Crippen LogP) is 4.64. The molecule has 1 heterocycles. The topological polar surface area (TPSA) is 22.1 Å². The van der Waals surface area contributed by atoms with E-state index in [1.165, 1.54) is 0 Å². The summed E-state index contributed by atoms with van der Waals surface area (Å²) in [5.74, 6) is 0.547. The zero-order valence-electron chi connectivity index (χ0n) is 9.23. The van der Waals surface area contributed by atoms with Crippen LogP contribution in [0.2, 0.25) is 5.02 Å². The van der Waals surface area contributed by atoms with Crippen molar-refractivity contribution in [2.75, 3.05) is 0 Å². The number of halogens is 2. The molecular formula is C13H11BrClNO. The Labute approximate surface area is 114 Å². The van der Waals surface area contributed by atoms with Crippen molar-refractivity contribution in [3.05, 3.63) is 57.7 Å². The van der Waals surface area contributed by atoms with E-state index in [0.717, 1.165) is 10.0 Å². The molecule has 0 aliphatic carbocycles. The van der Waals surface area contributed by atoms with Gasteiger partial charge in [0.2, 0.25) is 5.88 Å². The Morgan fingerprint density at radius 1 is 1.29 bits per heavy atom. The van der Waals surface area contributed by atoms with Crippen LogP contribution >= 0.6 is 27.5 Å². The molecule has 4 heteroatoms. The monoisotopic (exact) mass is 311 g/mol. The van der Waals surface area contributed by atoms with E-state index in [1.54, 1.807) is 12.3 Å². The lowest BCUT2D eigenvalue weighted by molar-refractivity contribution is 0.216. The number of pyridine rings is 1. The zero-order chi connectivity index (χ0) is 12.3. The van der Waals surface area contributed by atoms with Crippen LogP contribution in [0.4, 0.5) is 0 Å². The van der Waals surface area contributed by atoms with Gasteiger partial charge in [0.1, 0.15) is 6.10 Å². The fraction of sp³-hybridized carbons (Fsp3) is 0.154. The van der Waals surface area contributed by atoms with Crippen LogP contribution in [0.3, 0.4) is 0 Å². The number of nitrogens with zero attached hydrogens (tertiary/aromatic N) is 1. The third-order valence-corrected chi connectivity index (χ3v) is 3.11. The Kier molecular flexibility index (Phi) is 4.02. The lowest BCUT2D eigenvalue weighted by Gasteiger charge is -2.15. The summed E-state index contributed by atoms with van der Waals surface area (Å²) in [6.45, 7) is 1.98. The number of hydrogen-bond acceptors (Lipinski definition) is 2. The van der Waals surface area contributed by atoms with Crippen molar-refractivity contribution >= 4 is 27.5 Å². The van der Waals surface area contributed by atoms with Gasteiger partial charge in [-0.1, -0.05) is 41.9 Å². The molecule has 2 nitrogen and oxygen atoms in total. The first-order valence-corrected chi connectivity index (χ1v) is 6.36. The second-order valence-electron chi connectivity index (χ2n) is 3.61. The summed E-state index contributed by atoms with van der Waals surface area (Å²) in [6, 6.07) is 11.8. The van der Waals surface area contributed by atoms with Gasteiger partial charge in [-0.2, -0.15) is 0 Å². The zero-order valence-corrected chi connectivity index (χ0v) is 11.6. The molecule has 0 radical (unpaired) electrons. The van der Waals surface area contributed by atoms with Crippen molar-refractivity contribution in [2.45, 2.75) is 13.0 Å². The summed E-state index contributed by atoms with van der Waals surface area (Å²) in [5.41, 5.74) is 1.11. The number of hydrogen-bond donors (Lipinski definition) is 0. The number of benzene rings is 1. The Hall–Kier alpha value is -1.06. The average molecular weight is 313 g/mol. The van der Waals surface area contributed by atoms with Crippen molar-refractivity contribution in [1.82, 2.24) is 4.98 Å². The average Bonchev–Trinajstić information content (AvgIpc) is 2.34. The lowest BCUT2D eigenvalue weighted by Crippen LogP contribution is -2.04. The smallest absolute Gasteiger partial charge is 0.228 e. The summed E-state index contributed by atoms with van der Waals surface area (Å²) in [7, 11) is 0. The van der Waals surface area contributed by atoms with Gasteiger partial charge in [-0.05, 0) is 34.5 Å². The number of aromatic nitrogens is 1. The van der Waals surface area contributed by atoms with Crippen molar-refractivity contribution < 1.29 is 4.74 Å². The van der Waals surface area contributed by atoms with E-state index >= 15 is 0 Å². The molecule has 1 aromatic carbocycles. The second-order valence-corrected chi connectivity index (χ2v) is 4.90. The maximum Gasteiger partial charge on any atom is 0.228 e. The van der Waals surface area contributed by atoms with Gasteiger partial charge in [-0.25, -0.2) is 4.98 Å². The Morgan fingerprint density at radius 2 is 2.00 bits per heavy atom. The lowest BCUT2D eigenvalue weighted by atomic mass is 10.1. The fourth-order valence-electron chi connectivity index (χ4n) is 1.45. The van der Waals surface area contributed by atoms with Gasteiger partial charge >= 0.3 is 0 Å². The van der Waals surface area contributed by atoms with Crippen molar-refractivity contribution in [1.29, 1.82) is 0 Å². The molecule has 17 heavy (non-hydrogen) atoms. The summed E-state index contributed by atoms with van der Waals surface area (Å²) < 4.78 is 6.53. The van der Waals surface area contributed by atoms with E-state index in [4.69, 9.17) is 16.3 Å². The van der Waals surface area contributed by atoms with E-state index in [2.05, 4.69) is 20.9 Å². The minimum Gasteiger partial charge on any atom is -0.469 e. The molecule has 1 unspecified atom stereocenters. The van der Waals surface area contributed by atoms with Crippen LogP contribution < -0.4 is 4.74 Å². The van der Waals surface area contributed by atoms with Crippen LogP contribution in [0, 0.1) is 0 Å². The van der Waals surface area contributed by atoms with Gasteiger partial charge < -0.3 is 4.74 Å². The highest BCUT2D eigenvalue weighted by Crippen LogP contribution is 2.28. The molecule has 1 aromatic heterocycles. The van der Waals surface area contributed by atoms with Gasteiger partial charge in [0.15, 0.2) is 0 Å². The number of rotatable bonds is 3. The third-order valence-electron chi connectivity index (χ3n) is 2.33. The van der Waals surface area contributed by atoms with Crippen LogP contribution in [-0.4, -0.2) is 4.98 Å². The van der Waals surface area contributed by atoms with Crippen LogP contribution in [0.15, 0.2) is 47.1 Å². The van der Waals surface area contributed by atoms with E-state index < -0.39 is 0 Å². The standard InChI is InChI=1S/C13H11BrClNO/c1-9(10-5-3-2-4-6-10)17-13-12(14)7-11(15)8-16-13/h2-9H,1H3. The van der Waals surface area contributed by atoms with Crippen LogP contribution in [-0.2, 0) is 0 Å². The highest BCUT2D eigenvalue weighted by atomic mass is 79.9. The van der Waals surface area contributed by atoms with Crippen molar-refractivity contribution in [3.63, 3.8) is 0 Å². The molecule has 0 saturated carbocycles. The van der Waals surface area contributed by atoms with E-state index in [1.807, 2.05) is 37.3 Å². The Balaban J connectivity index is 2.16. The normalized spacial score (nSPS) is 12.2. The summed E-state index contributed by atoms with van der Waals surface area (Å²) >= 11 is 9.20. The van der Waals surface area contributed by atoms with Gasteiger partial charge in [0, 0.05) is 6.20 Å². The van der Waals surface area contributed by atoms with E-state index in [-0.39, 0.29) is 6.10 Å². The molecule has 2 aromatic rings. The van der Waals surface area contributed by atoms with E-state index in [9.17, 15) is 0 Å². The minimum absolute atomic E-state index is 0.0545. The molecule has 0 aliphatic rings. The Bertz CT molecular complexity index is 504. The summed E-state index contributed by atoms with van der Waals surface area (Å²) in [4.78, 5) is 4.14. The highest BCUT2D eigenvalue weighted by Gasteiger charge is 2.10. The molecule has 2 rings (SSSR count). The fourth-order valence-corrected chi connectivity index (χ4v) is 2.18. The largest absolute Gasteiger partial charge is 0.469 e. The quantitative estimate of drug-likeness (QED) is 0.824. The molecular weight excluding hydrogens is 302 g/mol. The van der Waals surface area contributed by atoms with Gasteiger partial charge in [-0.15, -0.1) is 0 Å². The van der Waals surface area contributed by atoms with Crippen LogP contribution in [0.5, 0.6) is 5.88 Å². The minimum atomic E-state index is -0.0545. The second kappa shape index (κ2) is 5.52. The first-order chi connectivity index (χ1) is 8.16. The first kappa shape index (κ1) is 12.4. The molecule has 0 amide bonds. The molecule has 1 atom stereocenters. The van der Waals surface area contributed by atoms with Gasteiger partial charge in [-0.3, -0.25) is 0 Å². The third kappa shape index (κ3) is 3.20. The maximum atomic E-state index is 5.82. The summed E-state index contributed by atoms with van der Waals surface area (Å²) in [6.07, 6.45) is 1.51. The molecule has 0 fully saturated rings. The van der Waals surface area contributed by atoms with Gasteiger partial charge in [0.25, 0.3) is 0 Å². The highest BCUT2D eigenvalue weighted by molar-refractivity contribution is 9.10. The molecule has 0 spiro atoms. The van der Waals surface area contributed by atoms with E-state index in [0.29, 0.717) is 10.9 Å². The maximum absolute atomic E-state index is 5.82. The SMILES string of the molecule is CC(Oc1ncc(Cl)cc1Br)c1ccccc1. The molecule has 0 aliphatic heterocycles. The van der Waals surface area contributed by atoms with Gasteiger partial charge in [0.05, 0.1) is 9.50 Å². The Morgan fingerprint density at radius 3 is 2.65 bits per heavy atom. The molecule has 0 bridgehead atoms.